The van der Waals surface area contributed by atoms with E-state index in [9.17, 15) is 22.8 Å². The molecule has 198 valence electrons. The molecular weight excluding hydrogens is 509 g/mol. The first-order valence-corrected chi connectivity index (χ1v) is 12.2. The maximum atomic E-state index is 12.7. The molecule has 0 saturated carbocycles. The molecule has 2 heterocycles. The van der Waals surface area contributed by atoms with E-state index in [0.717, 1.165) is 5.69 Å². The van der Waals surface area contributed by atoms with Gasteiger partial charge in [-0.15, -0.1) is 24.5 Å². The minimum absolute atomic E-state index is 0.296. The lowest BCUT2D eigenvalue weighted by Gasteiger charge is -2.19. The van der Waals surface area contributed by atoms with Crippen molar-refractivity contribution >= 4 is 23.3 Å². The number of carbonyl (C=O) groups is 2. The van der Waals surface area contributed by atoms with Crippen LogP contribution in [-0.2, 0) is 11.3 Å². The largest absolute Gasteiger partial charge is 0.573 e. The Balaban J connectivity index is 1.85. The first kappa shape index (κ1) is 27.9. The number of benzene rings is 1. The third-order valence-corrected chi connectivity index (χ3v) is 5.63. The summed E-state index contributed by atoms with van der Waals surface area (Å²) in [5.41, 5.74) is 1.72. The number of thiazole rings is 1. The van der Waals surface area contributed by atoms with Gasteiger partial charge in [0.05, 0.1) is 11.3 Å². The number of aromatic nitrogens is 2. The van der Waals surface area contributed by atoms with Crippen LogP contribution in [0.4, 0.5) is 18.0 Å². The fourth-order valence-corrected chi connectivity index (χ4v) is 4.11. The molecule has 0 fully saturated rings. The average molecular weight is 537 g/mol. The standard InChI is InChI=1S/C25H27F3N4O4S/c1-16-6-7-18(14-30-16)21(33)31-22-32(13-5-12-29-23(34)36-24(2,3)4)20(15-37-22)17-8-10-19(11-9-17)35-25(26,27)28/h6-11,14-15H,5,12-13H2,1-4H3,(H,29,34). The van der Waals surface area contributed by atoms with E-state index < -0.39 is 24.0 Å². The van der Waals surface area contributed by atoms with Crippen molar-refractivity contribution < 1.29 is 32.2 Å². The number of amides is 2. The van der Waals surface area contributed by atoms with E-state index in [1.165, 1.54) is 41.8 Å². The summed E-state index contributed by atoms with van der Waals surface area (Å²) in [5, 5.41) is 4.45. The highest BCUT2D eigenvalue weighted by Gasteiger charge is 2.31. The first-order chi connectivity index (χ1) is 17.3. The summed E-state index contributed by atoms with van der Waals surface area (Å²) < 4.78 is 48.5. The van der Waals surface area contributed by atoms with E-state index in [-0.39, 0.29) is 5.75 Å². The van der Waals surface area contributed by atoms with Crippen molar-refractivity contribution in [3.05, 3.63) is 64.0 Å². The number of carbonyl (C=O) groups excluding carboxylic acids is 2. The number of alkyl carbamates (subject to hydrolysis) is 1. The second-order valence-electron chi connectivity index (χ2n) is 9.01. The van der Waals surface area contributed by atoms with Gasteiger partial charge >= 0.3 is 12.5 Å². The van der Waals surface area contributed by atoms with E-state index in [1.807, 2.05) is 0 Å². The van der Waals surface area contributed by atoms with Crippen molar-refractivity contribution in [1.29, 1.82) is 0 Å². The number of aryl methyl sites for hydroxylation is 1. The Morgan fingerprint density at radius 1 is 1.11 bits per heavy atom. The van der Waals surface area contributed by atoms with Crippen molar-refractivity contribution in [2.45, 2.75) is 52.6 Å². The van der Waals surface area contributed by atoms with Crippen molar-refractivity contribution in [2.24, 2.45) is 4.99 Å². The van der Waals surface area contributed by atoms with Crippen LogP contribution >= 0.6 is 11.3 Å². The number of halogens is 3. The van der Waals surface area contributed by atoms with Crippen molar-refractivity contribution in [1.82, 2.24) is 14.9 Å². The van der Waals surface area contributed by atoms with E-state index in [0.29, 0.717) is 41.1 Å². The zero-order chi connectivity index (χ0) is 27.2. The van der Waals surface area contributed by atoms with Gasteiger partial charge in [-0.25, -0.2) is 4.79 Å². The topological polar surface area (TPSA) is 94.8 Å². The zero-order valence-corrected chi connectivity index (χ0v) is 21.6. The van der Waals surface area contributed by atoms with Gasteiger partial charge in [0.2, 0.25) is 0 Å². The van der Waals surface area contributed by atoms with Crippen molar-refractivity contribution in [2.75, 3.05) is 6.54 Å². The Morgan fingerprint density at radius 3 is 2.41 bits per heavy atom. The minimum atomic E-state index is -4.79. The summed E-state index contributed by atoms with van der Waals surface area (Å²) in [6, 6.07) is 8.77. The monoisotopic (exact) mass is 536 g/mol. The first-order valence-electron chi connectivity index (χ1n) is 11.3. The van der Waals surface area contributed by atoms with Crippen LogP contribution in [0.3, 0.4) is 0 Å². The fourth-order valence-electron chi connectivity index (χ4n) is 3.18. The van der Waals surface area contributed by atoms with Crippen molar-refractivity contribution in [3.8, 4) is 17.0 Å². The van der Waals surface area contributed by atoms with Gasteiger partial charge in [-0.1, -0.05) is 0 Å². The van der Waals surface area contributed by atoms with E-state index in [1.54, 1.807) is 49.8 Å². The molecule has 2 aromatic heterocycles. The van der Waals surface area contributed by atoms with Gasteiger partial charge in [-0.05, 0) is 76.1 Å². The highest BCUT2D eigenvalue weighted by molar-refractivity contribution is 7.07. The molecule has 0 aliphatic carbocycles. The number of nitrogens with zero attached hydrogens (tertiary/aromatic N) is 3. The summed E-state index contributed by atoms with van der Waals surface area (Å²) in [6.45, 7) is 7.76. The Kier molecular flexibility index (Phi) is 8.74. The molecule has 8 nitrogen and oxygen atoms in total. The molecule has 0 spiro atoms. The summed E-state index contributed by atoms with van der Waals surface area (Å²) in [7, 11) is 0. The Morgan fingerprint density at radius 2 is 1.81 bits per heavy atom. The molecule has 1 N–H and O–H groups in total. The maximum absolute atomic E-state index is 12.7. The molecule has 1 aromatic carbocycles. The molecule has 0 radical (unpaired) electrons. The predicted molar refractivity (Wildman–Crippen MR) is 132 cm³/mol. The number of pyridine rings is 1. The second kappa shape index (κ2) is 11.6. The zero-order valence-electron chi connectivity index (χ0n) is 20.8. The lowest BCUT2D eigenvalue weighted by atomic mass is 10.1. The van der Waals surface area contributed by atoms with Crippen molar-refractivity contribution in [3.63, 3.8) is 0 Å². The molecule has 0 bridgehead atoms. The summed E-state index contributed by atoms with van der Waals surface area (Å²) >= 11 is 1.22. The highest BCUT2D eigenvalue weighted by Crippen LogP contribution is 2.27. The van der Waals surface area contributed by atoms with Gasteiger partial charge in [-0.3, -0.25) is 9.78 Å². The number of hydrogen-bond acceptors (Lipinski definition) is 6. The fraction of sp³-hybridized carbons (Fsp3) is 0.360. The van der Waals surface area contributed by atoms with Crippen LogP contribution in [0, 0.1) is 6.92 Å². The smallest absolute Gasteiger partial charge is 0.444 e. The second-order valence-corrected chi connectivity index (χ2v) is 9.85. The number of ether oxygens (including phenoxy) is 2. The van der Waals surface area contributed by atoms with Crippen LogP contribution in [0.5, 0.6) is 5.75 Å². The normalized spacial score (nSPS) is 12.4. The maximum Gasteiger partial charge on any atom is 0.573 e. The summed E-state index contributed by atoms with van der Waals surface area (Å²) in [6.07, 6.45) is -3.41. The van der Waals surface area contributed by atoms with Crippen LogP contribution in [0.25, 0.3) is 11.3 Å². The van der Waals surface area contributed by atoms with Gasteiger partial charge in [0, 0.05) is 30.4 Å². The molecule has 3 rings (SSSR count). The van der Waals surface area contributed by atoms with E-state index in [2.05, 4.69) is 20.0 Å². The van der Waals surface area contributed by atoms with Crippen LogP contribution in [0.2, 0.25) is 0 Å². The van der Waals surface area contributed by atoms with Crippen LogP contribution < -0.4 is 14.9 Å². The van der Waals surface area contributed by atoms with Gasteiger partial charge in [0.1, 0.15) is 11.4 Å². The summed E-state index contributed by atoms with van der Waals surface area (Å²) in [5.74, 6) is -0.818. The lowest BCUT2D eigenvalue weighted by molar-refractivity contribution is -0.274. The van der Waals surface area contributed by atoms with Crippen LogP contribution in [-0.4, -0.2) is 40.1 Å². The predicted octanol–water partition coefficient (Wildman–Crippen LogP) is 5.47. The number of hydrogen-bond donors (Lipinski definition) is 1. The van der Waals surface area contributed by atoms with E-state index >= 15 is 0 Å². The Labute approximate surface area is 215 Å². The molecule has 0 saturated heterocycles. The molecule has 2 amide bonds. The quantitative estimate of drug-likeness (QED) is 0.404. The lowest BCUT2D eigenvalue weighted by Crippen LogP contribution is -2.33. The Hall–Kier alpha value is -3.67. The van der Waals surface area contributed by atoms with Crippen LogP contribution in [0.1, 0.15) is 43.2 Å². The van der Waals surface area contributed by atoms with Gasteiger partial charge < -0.3 is 19.4 Å². The highest BCUT2D eigenvalue weighted by atomic mass is 32.1. The molecule has 0 unspecified atom stereocenters. The molecule has 0 aliphatic heterocycles. The number of nitrogens with one attached hydrogen (secondary N) is 1. The number of rotatable bonds is 7. The molecule has 0 aliphatic rings. The molecule has 37 heavy (non-hydrogen) atoms. The van der Waals surface area contributed by atoms with Crippen LogP contribution in [0.15, 0.2) is 53.0 Å². The third-order valence-electron chi connectivity index (χ3n) is 4.76. The van der Waals surface area contributed by atoms with Gasteiger partial charge in [0.15, 0.2) is 4.80 Å². The average Bonchev–Trinajstić information content (AvgIpc) is 3.17. The molecule has 12 heteroatoms. The van der Waals surface area contributed by atoms with E-state index in [4.69, 9.17) is 4.74 Å². The summed E-state index contributed by atoms with van der Waals surface area (Å²) in [4.78, 5) is 33.4. The molecule has 3 aromatic rings. The third kappa shape index (κ3) is 8.74. The van der Waals surface area contributed by atoms with Gasteiger partial charge in [-0.2, -0.15) is 4.99 Å². The SMILES string of the molecule is Cc1ccc(C(=O)N=c2scc(-c3ccc(OC(F)(F)F)cc3)n2CCCNC(=O)OC(C)(C)C)cn1. The Bertz CT molecular complexity index is 1290. The number of alkyl halides is 3. The minimum Gasteiger partial charge on any atom is -0.444 e. The molecule has 0 atom stereocenters. The molecular formula is C25H27F3N4O4S. The van der Waals surface area contributed by atoms with Gasteiger partial charge in [0.25, 0.3) is 5.91 Å².